The van der Waals surface area contributed by atoms with Crippen LogP contribution in [0.25, 0.3) is 10.9 Å². The highest BCUT2D eigenvalue weighted by molar-refractivity contribution is 8.01. The average molecular weight is 503 g/mol. The Balaban J connectivity index is 1.34. The number of carbonyl (C=O) groups is 1. The third-order valence-corrected chi connectivity index (χ3v) is 8.81. The summed E-state index contributed by atoms with van der Waals surface area (Å²) >= 11 is 3.62. The number of aryl methyl sites for hydroxylation is 1. The molecular weight excluding hydrogens is 471 g/mol. The summed E-state index contributed by atoms with van der Waals surface area (Å²) < 4.78 is 21.3. The van der Waals surface area contributed by atoms with Gasteiger partial charge >= 0.3 is 5.97 Å². The Hall–Kier alpha value is -2.16. The first-order valence-corrected chi connectivity index (χ1v) is 13.6. The van der Waals surface area contributed by atoms with Crippen LogP contribution in [0, 0.1) is 17.7 Å². The maximum Gasteiger partial charge on any atom is 0.303 e. The van der Waals surface area contributed by atoms with Crippen molar-refractivity contribution < 1.29 is 19.0 Å². The Morgan fingerprint density at radius 1 is 1.35 bits per heavy atom. The number of nitrogens with zero attached hydrogens (tertiary/aromatic N) is 2. The molecule has 0 spiro atoms. The van der Waals surface area contributed by atoms with Gasteiger partial charge in [0.1, 0.15) is 11.6 Å². The van der Waals surface area contributed by atoms with Crippen molar-refractivity contribution >= 4 is 40.0 Å². The number of hydrogen-bond donors (Lipinski definition) is 1. The zero-order valence-corrected chi connectivity index (χ0v) is 21.0. The number of hydrogen-bond acceptors (Lipinski definition) is 6. The second kappa shape index (κ2) is 12.0. The lowest BCUT2D eigenvalue weighted by Crippen LogP contribution is -2.42. The molecule has 0 amide bonds. The van der Waals surface area contributed by atoms with Crippen molar-refractivity contribution in [1.29, 1.82) is 0 Å². The molecule has 3 heterocycles. The van der Waals surface area contributed by atoms with E-state index in [1.807, 2.05) is 30.0 Å². The lowest BCUT2D eigenvalue weighted by Gasteiger charge is -2.38. The van der Waals surface area contributed by atoms with Gasteiger partial charge in [-0.05, 0) is 79.3 Å². The van der Waals surface area contributed by atoms with Crippen LogP contribution in [0.4, 0.5) is 4.39 Å². The van der Waals surface area contributed by atoms with Crippen LogP contribution in [0.2, 0.25) is 0 Å². The van der Waals surface area contributed by atoms with Crippen LogP contribution in [0.3, 0.4) is 0 Å². The lowest BCUT2D eigenvalue weighted by molar-refractivity contribution is -0.139. The number of fused-ring (bicyclic) bond motifs is 1. The van der Waals surface area contributed by atoms with E-state index < -0.39 is 5.97 Å². The minimum Gasteiger partial charge on any atom is -0.497 e. The smallest absolute Gasteiger partial charge is 0.303 e. The fraction of sp³-hybridized carbons (Fsp3) is 0.462. The molecule has 2 atom stereocenters. The fourth-order valence-corrected chi connectivity index (χ4v) is 6.80. The van der Waals surface area contributed by atoms with Gasteiger partial charge in [-0.2, -0.15) is 0 Å². The SMILES string of the molecule is COc1ccc2ncc(F)c(CCC[C@@H]3CCN(CCSc4cccs4)C[C@@H]3CC(=O)O)c2c1. The maximum absolute atomic E-state index is 14.7. The van der Waals surface area contributed by atoms with Crippen molar-refractivity contribution in [3.8, 4) is 5.75 Å². The Bertz CT molecular complexity index is 1090. The van der Waals surface area contributed by atoms with Gasteiger partial charge in [0, 0.05) is 30.6 Å². The average Bonchev–Trinajstić information content (AvgIpc) is 3.34. The van der Waals surface area contributed by atoms with Crippen LogP contribution in [-0.2, 0) is 11.2 Å². The van der Waals surface area contributed by atoms with Gasteiger partial charge in [-0.15, -0.1) is 23.1 Å². The van der Waals surface area contributed by atoms with E-state index >= 15 is 0 Å². The molecule has 4 rings (SSSR count). The molecule has 1 aliphatic rings. The number of methoxy groups -OCH3 is 1. The molecule has 0 aliphatic carbocycles. The van der Waals surface area contributed by atoms with E-state index in [-0.39, 0.29) is 18.2 Å². The van der Waals surface area contributed by atoms with E-state index in [4.69, 9.17) is 4.74 Å². The van der Waals surface area contributed by atoms with Crippen LogP contribution in [-0.4, -0.2) is 53.5 Å². The van der Waals surface area contributed by atoms with Gasteiger partial charge in [-0.25, -0.2) is 4.39 Å². The van der Waals surface area contributed by atoms with Crippen molar-refractivity contribution in [2.75, 3.05) is 32.5 Å². The predicted octanol–water partition coefficient (Wildman–Crippen LogP) is 5.97. The van der Waals surface area contributed by atoms with Gasteiger partial charge in [0.15, 0.2) is 0 Å². The molecular formula is C26H31FN2O3S2. The summed E-state index contributed by atoms with van der Waals surface area (Å²) in [5, 5.41) is 12.4. The molecule has 1 saturated heterocycles. The summed E-state index contributed by atoms with van der Waals surface area (Å²) in [7, 11) is 1.60. The van der Waals surface area contributed by atoms with E-state index in [0.29, 0.717) is 23.7 Å². The highest BCUT2D eigenvalue weighted by Crippen LogP contribution is 2.33. The Morgan fingerprint density at radius 3 is 3.00 bits per heavy atom. The van der Waals surface area contributed by atoms with Crippen molar-refractivity contribution in [1.82, 2.24) is 9.88 Å². The topological polar surface area (TPSA) is 62.7 Å². The zero-order valence-electron chi connectivity index (χ0n) is 19.4. The first kappa shape index (κ1) is 24.9. The van der Waals surface area contributed by atoms with Crippen molar-refractivity contribution in [3.05, 3.63) is 53.3 Å². The van der Waals surface area contributed by atoms with Gasteiger partial charge in [0.2, 0.25) is 0 Å². The fourth-order valence-electron chi connectivity index (χ4n) is 4.94. The molecule has 1 aromatic carbocycles. The minimum atomic E-state index is -0.733. The number of aromatic nitrogens is 1. The number of ether oxygens (including phenoxy) is 1. The molecule has 0 radical (unpaired) electrons. The number of likely N-dealkylation sites (tertiary alicyclic amines) is 1. The van der Waals surface area contributed by atoms with E-state index in [1.54, 1.807) is 18.4 Å². The maximum atomic E-state index is 14.7. The molecule has 5 nitrogen and oxygen atoms in total. The number of piperidine rings is 1. The Labute approximate surface area is 208 Å². The number of thiophene rings is 1. The molecule has 2 aromatic heterocycles. The third-order valence-electron chi connectivity index (χ3n) is 6.70. The van der Waals surface area contributed by atoms with E-state index in [2.05, 4.69) is 27.4 Å². The first-order chi connectivity index (χ1) is 16.5. The predicted molar refractivity (Wildman–Crippen MR) is 137 cm³/mol. The number of benzene rings is 1. The summed E-state index contributed by atoms with van der Waals surface area (Å²) in [4.78, 5) is 18.2. The number of rotatable bonds is 11. The third kappa shape index (κ3) is 6.49. The Morgan fingerprint density at radius 2 is 2.24 bits per heavy atom. The Kier molecular flexibility index (Phi) is 8.80. The number of carboxylic acids is 1. The molecule has 182 valence electrons. The molecule has 0 saturated carbocycles. The number of pyridine rings is 1. The summed E-state index contributed by atoms with van der Waals surface area (Å²) in [6, 6.07) is 9.74. The van der Waals surface area contributed by atoms with E-state index in [1.165, 1.54) is 10.4 Å². The van der Waals surface area contributed by atoms with E-state index in [9.17, 15) is 14.3 Å². The van der Waals surface area contributed by atoms with Gasteiger partial charge in [0.05, 0.1) is 23.0 Å². The molecule has 1 aliphatic heterocycles. The number of halogens is 1. The highest BCUT2D eigenvalue weighted by Gasteiger charge is 2.30. The van der Waals surface area contributed by atoms with Crippen LogP contribution < -0.4 is 4.74 Å². The quantitative estimate of drug-likeness (QED) is 0.326. The molecule has 34 heavy (non-hydrogen) atoms. The van der Waals surface area contributed by atoms with Gasteiger partial charge < -0.3 is 14.7 Å². The van der Waals surface area contributed by atoms with Crippen LogP contribution >= 0.6 is 23.1 Å². The largest absolute Gasteiger partial charge is 0.497 e. The standard InChI is InChI=1S/C26H31FN2O3S2/c1-32-20-7-8-24-22(15-20)21(23(27)16-28-24)5-2-4-18-9-10-29(17-19(18)14-25(30)31)11-13-34-26-6-3-12-33-26/h3,6-8,12,15-16,18-19H,2,4-5,9-11,13-14,17H2,1H3,(H,30,31)/t18-,19+/m1/s1. The molecule has 0 unspecified atom stereocenters. The van der Waals surface area contributed by atoms with Crippen LogP contribution in [0.15, 0.2) is 46.1 Å². The molecule has 3 aromatic rings. The normalized spacial score (nSPS) is 18.9. The van der Waals surface area contributed by atoms with Crippen LogP contribution in [0.1, 0.15) is 31.2 Å². The van der Waals surface area contributed by atoms with Crippen molar-refractivity contribution in [2.45, 2.75) is 36.3 Å². The lowest BCUT2D eigenvalue weighted by atomic mass is 9.80. The van der Waals surface area contributed by atoms with Gasteiger partial charge in [0.25, 0.3) is 0 Å². The molecule has 1 N–H and O–H groups in total. The molecule has 0 bridgehead atoms. The first-order valence-electron chi connectivity index (χ1n) is 11.7. The van der Waals surface area contributed by atoms with Gasteiger partial charge in [-0.1, -0.05) is 6.07 Å². The van der Waals surface area contributed by atoms with Crippen molar-refractivity contribution in [2.24, 2.45) is 11.8 Å². The molecule has 1 fully saturated rings. The van der Waals surface area contributed by atoms with Crippen LogP contribution in [0.5, 0.6) is 5.75 Å². The summed E-state index contributed by atoms with van der Waals surface area (Å²) in [6.45, 7) is 2.79. The summed E-state index contributed by atoms with van der Waals surface area (Å²) in [5.41, 5.74) is 1.43. The second-order valence-corrected chi connectivity index (χ2v) is 11.2. The van der Waals surface area contributed by atoms with E-state index in [0.717, 1.165) is 55.6 Å². The second-order valence-electron chi connectivity index (χ2n) is 8.85. The monoisotopic (exact) mass is 502 g/mol. The molecule has 8 heteroatoms. The minimum absolute atomic E-state index is 0.136. The summed E-state index contributed by atoms with van der Waals surface area (Å²) in [6.07, 6.45) is 4.82. The highest BCUT2D eigenvalue weighted by atomic mass is 32.2. The number of thioether (sulfide) groups is 1. The summed E-state index contributed by atoms with van der Waals surface area (Å²) in [5.74, 6) is 1.17. The van der Waals surface area contributed by atoms with Gasteiger partial charge in [-0.3, -0.25) is 9.78 Å². The number of aliphatic carboxylic acids is 1. The number of carboxylic acid groups (broad SMARTS) is 1. The zero-order chi connectivity index (χ0) is 23.9. The van der Waals surface area contributed by atoms with Crippen molar-refractivity contribution in [3.63, 3.8) is 0 Å².